The van der Waals surface area contributed by atoms with Gasteiger partial charge in [-0.25, -0.2) is 5.43 Å². The van der Waals surface area contributed by atoms with Crippen LogP contribution in [-0.2, 0) is 11.4 Å². The second-order valence-electron chi connectivity index (χ2n) is 5.59. The Morgan fingerprint density at radius 1 is 1.12 bits per heavy atom. The molecule has 0 atom stereocenters. The molecule has 0 radical (unpaired) electrons. The molecule has 3 aromatic carbocycles. The first-order valence-corrected chi connectivity index (χ1v) is 8.61. The molecule has 5 heteroatoms. The van der Waals surface area contributed by atoms with Gasteiger partial charge in [0.15, 0.2) is 0 Å². The molecule has 1 amide bonds. The lowest BCUT2D eigenvalue weighted by atomic mass is 10.1. The molecule has 126 valence electrons. The molecular weight excluding hydrogens is 380 g/mol. The summed E-state index contributed by atoms with van der Waals surface area (Å²) in [7, 11) is 0. The van der Waals surface area contributed by atoms with Crippen LogP contribution in [-0.4, -0.2) is 12.1 Å². The van der Waals surface area contributed by atoms with E-state index in [1.807, 2.05) is 30.3 Å². The number of hydrogen-bond donors (Lipinski definition) is 1. The maximum absolute atomic E-state index is 10.8. The van der Waals surface area contributed by atoms with E-state index in [2.05, 4.69) is 56.8 Å². The van der Waals surface area contributed by atoms with Crippen LogP contribution in [0.3, 0.4) is 0 Å². The highest BCUT2D eigenvalue weighted by molar-refractivity contribution is 9.10. The Labute approximate surface area is 154 Å². The Balaban J connectivity index is 1.67. The van der Waals surface area contributed by atoms with Gasteiger partial charge in [-0.1, -0.05) is 36.4 Å². The van der Waals surface area contributed by atoms with Crippen molar-refractivity contribution in [1.29, 1.82) is 0 Å². The molecule has 1 N–H and O–H groups in total. The summed E-state index contributed by atoms with van der Waals surface area (Å²) in [5.74, 6) is 0.551. The highest BCUT2D eigenvalue weighted by Crippen LogP contribution is 2.27. The van der Waals surface area contributed by atoms with Gasteiger partial charge >= 0.3 is 0 Å². The number of fused-ring (bicyclic) bond motifs is 1. The molecule has 25 heavy (non-hydrogen) atoms. The molecule has 0 unspecified atom stereocenters. The van der Waals surface area contributed by atoms with Crippen LogP contribution in [0.25, 0.3) is 10.8 Å². The van der Waals surface area contributed by atoms with Crippen LogP contribution >= 0.6 is 15.9 Å². The summed E-state index contributed by atoms with van der Waals surface area (Å²) in [4.78, 5) is 10.8. The molecule has 0 saturated carbocycles. The van der Waals surface area contributed by atoms with Crippen molar-refractivity contribution >= 4 is 38.8 Å². The van der Waals surface area contributed by atoms with Crippen LogP contribution in [0.1, 0.15) is 18.1 Å². The molecular formula is C20H17BrN2O2. The number of nitrogens with zero attached hydrogens (tertiary/aromatic N) is 1. The lowest BCUT2D eigenvalue weighted by Crippen LogP contribution is -2.12. The molecule has 0 bridgehead atoms. The molecule has 0 aromatic heterocycles. The second kappa shape index (κ2) is 7.94. The van der Waals surface area contributed by atoms with E-state index in [1.54, 1.807) is 6.21 Å². The van der Waals surface area contributed by atoms with Crippen LogP contribution in [0.4, 0.5) is 0 Å². The van der Waals surface area contributed by atoms with Crippen molar-refractivity contribution < 1.29 is 9.53 Å². The number of hydrazone groups is 1. The van der Waals surface area contributed by atoms with Crippen molar-refractivity contribution in [2.75, 3.05) is 0 Å². The first kappa shape index (κ1) is 17.2. The van der Waals surface area contributed by atoms with Crippen molar-refractivity contribution in [2.24, 2.45) is 5.10 Å². The summed E-state index contributed by atoms with van der Waals surface area (Å²) in [6, 6.07) is 20.2. The number of benzene rings is 3. The van der Waals surface area contributed by atoms with Gasteiger partial charge in [0, 0.05) is 6.92 Å². The highest BCUT2D eigenvalue weighted by Gasteiger charge is 2.03. The van der Waals surface area contributed by atoms with Gasteiger partial charge in [-0.05, 0) is 62.1 Å². The second-order valence-corrected chi connectivity index (χ2v) is 6.44. The number of rotatable bonds is 5. The SMILES string of the molecule is CC(=O)N/N=C\c1ccc(OCc2ccc3ccccc3c2)c(Br)c1. The van der Waals surface area contributed by atoms with Crippen LogP contribution < -0.4 is 10.2 Å². The van der Waals surface area contributed by atoms with Crippen LogP contribution in [0.5, 0.6) is 5.75 Å². The van der Waals surface area contributed by atoms with E-state index in [0.29, 0.717) is 6.61 Å². The zero-order valence-corrected chi connectivity index (χ0v) is 15.3. The standard InChI is InChI=1S/C20H17BrN2O2/c1-14(24)23-22-12-15-7-9-20(19(21)11-15)25-13-16-6-8-17-4-2-3-5-18(17)10-16/h2-12H,13H2,1H3,(H,23,24)/b22-12-. The molecule has 0 aliphatic heterocycles. The van der Waals surface area contributed by atoms with E-state index in [1.165, 1.54) is 17.7 Å². The first-order chi connectivity index (χ1) is 12.1. The van der Waals surface area contributed by atoms with E-state index >= 15 is 0 Å². The molecule has 0 saturated heterocycles. The minimum atomic E-state index is -0.203. The zero-order valence-electron chi connectivity index (χ0n) is 13.7. The summed E-state index contributed by atoms with van der Waals surface area (Å²) in [5, 5.41) is 6.27. The van der Waals surface area contributed by atoms with Gasteiger partial charge in [-0.3, -0.25) is 4.79 Å². The average molecular weight is 397 g/mol. The number of ether oxygens (including phenoxy) is 1. The van der Waals surface area contributed by atoms with E-state index < -0.39 is 0 Å². The Kier molecular flexibility index (Phi) is 5.46. The Hall–Kier alpha value is -2.66. The molecule has 0 fully saturated rings. The zero-order chi connectivity index (χ0) is 17.6. The summed E-state index contributed by atoms with van der Waals surface area (Å²) in [5.41, 5.74) is 4.35. The normalized spacial score (nSPS) is 11.0. The smallest absolute Gasteiger partial charge is 0.236 e. The Morgan fingerprint density at radius 3 is 2.68 bits per heavy atom. The fourth-order valence-corrected chi connectivity index (χ4v) is 2.91. The largest absolute Gasteiger partial charge is 0.488 e. The maximum Gasteiger partial charge on any atom is 0.236 e. The topological polar surface area (TPSA) is 50.7 Å². The molecule has 0 heterocycles. The third kappa shape index (κ3) is 4.67. The van der Waals surface area contributed by atoms with Crippen molar-refractivity contribution in [3.63, 3.8) is 0 Å². The lowest BCUT2D eigenvalue weighted by Gasteiger charge is -2.09. The number of hydrogen-bond acceptors (Lipinski definition) is 3. The van der Waals surface area contributed by atoms with Crippen molar-refractivity contribution in [1.82, 2.24) is 5.43 Å². The summed E-state index contributed by atoms with van der Waals surface area (Å²) in [6.07, 6.45) is 1.58. The maximum atomic E-state index is 10.8. The average Bonchev–Trinajstić information content (AvgIpc) is 2.60. The first-order valence-electron chi connectivity index (χ1n) is 7.81. The quantitative estimate of drug-likeness (QED) is 0.503. The number of carbonyl (C=O) groups is 1. The van der Waals surface area contributed by atoms with E-state index in [4.69, 9.17) is 4.74 Å². The highest BCUT2D eigenvalue weighted by atomic mass is 79.9. The van der Waals surface area contributed by atoms with Crippen LogP contribution in [0.2, 0.25) is 0 Å². The molecule has 0 spiro atoms. The van der Waals surface area contributed by atoms with E-state index in [9.17, 15) is 4.79 Å². The summed E-state index contributed by atoms with van der Waals surface area (Å²) >= 11 is 3.51. The monoisotopic (exact) mass is 396 g/mol. The van der Waals surface area contributed by atoms with Crippen molar-refractivity contribution in [2.45, 2.75) is 13.5 Å². The Bertz CT molecular complexity index is 938. The molecule has 3 rings (SSSR count). The predicted molar refractivity (Wildman–Crippen MR) is 104 cm³/mol. The fraction of sp³-hybridized carbons (Fsp3) is 0.100. The van der Waals surface area contributed by atoms with Gasteiger partial charge in [0.2, 0.25) is 5.91 Å². The number of nitrogens with one attached hydrogen (secondary N) is 1. The molecule has 0 aliphatic carbocycles. The lowest BCUT2D eigenvalue weighted by molar-refractivity contribution is -0.118. The number of carbonyl (C=O) groups excluding carboxylic acids is 1. The van der Waals surface area contributed by atoms with Crippen molar-refractivity contribution in [3.8, 4) is 5.75 Å². The third-order valence-electron chi connectivity index (χ3n) is 3.60. The van der Waals surface area contributed by atoms with Gasteiger partial charge in [0.1, 0.15) is 12.4 Å². The molecule has 0 aliphatic rings. The van der Waals surface area contributed by atoms with Gasteiger partial charge < -0.3 is 4.74 Å². The third-order valence-corrected chi connectivity index (χ3v) is 4.22. The Morgan fingerprint density at radius 2 is 1.92 bits per heavy atom. The van der Waals surface area contributed by atoms with E-state index in [-0.39, 0.29) is 5.91 Å². The summed E-state index contributed by atoms with van der Waals surface area (Å²) < 4.78 is 6.74. The minimum absolute atomic E-state index is 0.203. The fourth-order valence-electron chi connectivity index (χ4n) is 2.40. The molecule has 4 nitrogen and oxygen atoms in total. The molecule has 3 aromatic rings. The minimum Gasteiger partial charge on any atom is -0.488 e. The van der Waals surface area contributed by atoms with E-state index in [0.717, 1.165) is 21.3 Å². The van der Waals surface area contributed by atoms with Gasteiger partial charge in [-0.15, -0.1) is 0 Å². The number of amides is 1. The van der Waals surface area contributed by atoms with Gasteiger partial charge in [0.05, 0.1) is 10.7 Å². The predicted octanol–water partition coefficient (Wildman–Crippen LogP) is 4.65. The van der Waals surface area contributed by atoms with Gasteiger partial charge in [0.25, 0.3) is 0 Å². The number of halogens is 1. The van der Waals surface area contributed by atoms with Crippen LogP contribution in [0.15, 0.2) is 70.2 Å². The van der Waals surface area contributed by atoms with Gasteiger partial charge in [-0.2, -0.15) is 5.10 Å². The summed E-state index contributed by atoms with van der Waals surface area (Å²) in [6.45, 7) is 1.90. The van der Waals surface area contributed by atoms with Crippen LogP contribution in [0, 0.1) is 0 Å². The van der Waals surface area contributed by atoms with Crippen molar-refractivity contribution in [3.05, 3.63) is 76.3 Å².